The van der Waals surface area contributed by atoms with Crippen LogP contribution in [0, 0.1) is 0 Å². The van der Waals surface area contributed by atoms with Crippen LogP contribution >= 0.6 is 11.6 Å². The summed E-state index contributed by atoms with van der Waals surface area (Å²) in [5.74, 6) is 0.125. The third kappa shape index (κ3) is 9.60. The molecule has 4 rings (SSSR count). The molecule has 2 N–H and O–H groups in total. The number of ether oxygens (including phenoxy) is 2. The van der Waals surface area contributed by atoms with Crippen LogP contribution in [-0.2, 0) is 11.2 Å². The number of nitrogens with zero attached hydrogens (tertiary/aromatic N) is 2. The van der Waals surface area contributed by atoms with E-state index in [0.717, 1.165) is 5.56 Å². The van der Waals surface area contributed by atoms with Crippen molar-refractivity contribution in [3.63, 3.8) is 0 Å². The van der Waals surface area contributed by atoms with Gasteiger partial charge < -0.3 is 19.9 Å². The summed E-state index contributed by atoms with van der Waals surface area (Å²) in [5.41, 5.74) is 3.24. The Hall–Kier alpha value is -4.95. The number of halogens is 1. The number of carbonyl (C=O) groups excluding carboxylic acids is 1. The van der Waals surface area contributed by atoms with E-state index in [9.17, 15) is 14.7 Å². The van der Waals surface area contributed by atoms with E-state index >= 15 is 0 Å². The van der Waals surface area contributed by atoms with Crippen molar-refractivity contribution in [1.29, 1.82) is 0 Å². The zero-order valence-corrected chi connectivity index (χ0v) is 23.7. The minimum Gasteiger partial charge on any atom is -0.490 e. The Balaban J connectivity index is 1.21. The van der Waals surface area contributed by atoms with Crippen LogP contribution in [0.2, 0.25) is 5.02 Å². The molecule has 0 heterocycles. The molecule has 42 heavy (non-hydrogen) atoms. The number of ketones is 1. The van der Waals surface area contributed by atoms with Gasteiger partial charge >= 0.3 is 5.97 Å². The summed E-state index contributed by atoms with van der Waals surface area (Å²) in [6.45, 7) is 2.35. The smallest absolute Gasteiger partial charge is 0.326 e. The highest BCUT2D eigenvalue weighted by molar-refractivity contribution is 6.30. The minimum absolute atomic E-state index is 0.191. The molecular weight excluding hydrogens is 554 g/mol. The Morgan fingerprint density at radius 3 is 1.88 bits per heavy atom. The normalized spacial score (nSPS) is 12.1. The van der Waals surface area contributed by atoms with Gasteiger partial charge in [-0.05, 0) is 73.2 Å². The molecule has 0 aliphatic carbocycles. The molecule has 0 bridgehead atoms. The first-order valence-corrected chi connectivity index (χ1v) is 13.6. The monoisotopic (exact) mass is 583 g/mol. The molecule has 0 amide bonds. The second kappa shape index (κ2) is 15.2. The topological polar surface area (TPSA) is 110 Å². The first-order valence-electron chi connectivity index (χ1n) is 13.2. The molecule has 4 aromatic carbocycles. The highest BCUT2D eigenvalue weighted by Gasteiger charge is 2.18. The Kier molecular flexibility index (Phi) is 10.8. The fourth-order valence-corrected chi connectivity index (χ4v) is 4.03. The summed E-state index contributed by atoms with van der Waals surface area (Å²) in [5, 5.41) is 21.7. The molecule has 4 aromatic rings. The van der Waals surface area contributed by atoms with Crippen molar-refractivity contribution in [2.75, 3.05) is 13.2 Å². The number of carboxylic acids is 1. The first-order chi connectivity index (χ1) is 20.4. The molecule has 214 valence electrons. The number of hydrogen-bond acceptors (Lipinski definition) is 7. The van der Waals surface area contributed by atoms with Crippen LogP contribution in [0.1, 0.15) is 22.8 Å². The molecule has 0 aromatic heterocycles. The average Bonchev–Trinajstić information content (AvgIpc) is 3.00. The zero-order chi connectivity index (χ0) is 29.7. The summed E-state index contributed by atoms with van der Waals surface area (Å²) < 4.78 is 11.5. The Morgan fingerprint density at radius 2 is 1.33 bits per heavy atom. The SMILES string of the molecule is C/C(=C\C(=O)c1ccccc1)NC(Cc1ccc(OCCOc2ccc(N=Nc3ccc(Cl)cc3)cc2)cc1)C(=O)O. The lowest BCUT2D eigenvalue weighted by molar-refractivity contribution is -0.139. The molecule has 1 atom stereocenters. The van der Waals surface area contributed by atoms with E-state index in [-0.39, 0.29) is 12.2 Å². The molecule has 0 radical (unpaired) electrons. The van der Waals surface area contributed by atoms with Gasteiger partial charge in [0.15, 0.2) is 5.78 Å². The van der Waals surface area contributed by atoms with Crippen LogP contribution in [0.5, 0.6) is 11.5 Å². The Morgan fingerprint density at radius 1 is 0.810 bits per heavy atom. The maximum Gasteiger partial charge on any atom is 0.326 e. The van der Waals surface area contributed by atoms with Gasteiger partial charge in [-0.2, -0.15) is 10.2 Å². The van der Waals surface area contributed by atoms with Gasteiger partial charge in [-0.3, -0.25) is 4.79 Å². The van der Waals surface area contributed by atoms with Crippen LogP contribution in [-0.4, -0.2) is 36.1 Å². The van der Waals surface area contributed by atoms with Gasteiger partial charge in [0.1, 0.15) is 30.8 Å². The fourth-order valence-electron chi connectivity index (χ4n) is 3.91. The number of nitrogens with one attached hydrogen (secondary N) is 1. The number of carbonyl (C=O) groups is 2. The molecule has 8 nitrogen and oxygen atoms in total. The van der Waals surface area contributed by atoms with E-state index in [1.54, 1.807) is 67.6 Å². The first kappa shape index (κ1) is 30.0. The highest BCUT2D eigenvalue weighted by Crippen LogP contribution is 2.22. The maximum absolute atomic E-state index is 12.4. The number of aliphatic carboxylic acids is 1. The highest BCUT2D eigenvalue weighted by atomic mass is 35.5. The standard InChI is InChI=1S/C33H30ClN3O5/c1-23(21-32(38)25-5-3-2-4-6-25)35-31(33(39)40)22-24-7-15-29(16-8-24)41-19-20-42-30-17-13-28(14-18-30)37-36-27-11-9-26(34)10-12-27/h2-18,21,31,35H,19-20,22H2,1H3,(H,39,40)/b23-21+,37-36?. The largest absolute Gasteiger partial charge is 0.490 e. The Bertz CT molecular complexity index is 1520. The Labute approximate surface area is 249 Å². The lowest BCUT2D eigenvalue weighted by atomic mass is 10.1. The summed E-state index contributed by atoms with van der Waals surface area (Å²) >= 11 is 5.88. The van der Waals surface area contributed by atoms with Crippen LogP contribution in [0.25, 0.3) is 0 Å². The molecule has 0 saturated heterocycles. The molecule has 9 heteroatoms. The fraction of sp³-hybridized carbons (Fsp3) is 0.152. The van der Waals surface area contributed by atoms with Crippen molar-refractivity contribution in [2.45, 2.75) is 19.4 Å². The average molecular weight is 584 g/mol. The van der Waals surface area contributed by atoms with Crippen molar-refractivity contribution in [1.82, 2.24) is 5.32 Å². The van der Waals surface area contributed by atoms with E-state index in [2.05, 4.69) is 15.5 Å². The molecule has 0 fully saturated rings. The van der Waals surface area contributed by atoms with E-state index in [0.29, 0.717) is 52.4 Å². The number of azo groups is 1. The van der Waals surface area contributed by atoms with Gasteiger partial charge in [-0.25, -0.2) is 4.79 Å². The number of benzene rings is 4. The van der Waals surface area contributed by atoms with Crippen molar-refractivity contribution < 1.29 is 24.2 Å². The predicted molar refractivity (Wildman–Crippen MR) is 162 cm³/mol. The van der Waals surface area contributed by atoms with Gasteiger partial charge in [0.05, 0.1) is 11.4 Å². The van der Waals surface area contributed by atoms with E-state index in [4.69, 9.17) is 21.1 Å². The summed E-state index contributed by atoms with van der Waals surface area (Å²) in [6.07, 6.45) is 1.64. The van der Waals surface area contributed by atoms with E-state index in [1.807, 2.05) is 42.5 Å². The second-order valence-corrected chi connectivity index (χ2v) is 9.74. The lowest BCUT2D eigenvalue weighted by Crippen LogP contribution is -2.37. The van der Waals surface area contributed by atoms with Gasteiger partial charge in [0.25, 0.3) is 0 Å². The number of hydrogen-bond donors (Lipinski definition) is 2. The number of rotatable bonds is 14. The number of allylic oxidation sites excluding steroid dienone is 2. The lowest BCUT2D eigenvalue weighted by Gasteiger charge is -2.16. The van der Waals surface area contributed by atoms with Crippen LogP contribution in [0.3, 0.4) is 0 Å². The maximum atomic E-state index is 12.4. The molecule has 0 spiro atoms. The third-order valence-electron chi connectivity index (χ3n) is 6.03. The van der Waals surface area contributed by atoms with Crippen molar-refractivity contribution >= 4 is 34.7 Å². The third-order valence-corrected chi connectivity index (χ3v) is 6.29. The minimum atomic E-state index is -1.01. The van der Waals surface area contributed by atoms with Crippen molar-refractivity contribution in [3.8, 4) is 11.5 Å². The second-order valence-electron chi connectivity index (χ2n) is 9.31. The van der Waals surface area contributed by atoms with Crippen molar-refractivity contribution in [3.05, 3.63) is 131 Å². The molecule has 0 aliphatic rings. The quantitative estimate of drug-likeness (QED) is 0.0685. The van der Waals surface area contributed by atoms with E-state index < -0.39 is 12.0 Å². The summed E-state index contributed by atoms with van der Waals surface area (Å²) in [6, 6.07) is 29.5. The van der Waals surface area contributed by atoms with Crippen LogP contribution in [0.15, 0.2) is 125 Å². The zero-order valence-electron chi connectivity index (χ0n) is 22.9. The van der Waals surface area contributed by atoms with Crippen LogP contribution < -0.4 is 14.8 Å². The molecule has 1 unspecified atom stereocenters. The van der Waals surface area contributed by atoms with Crippen molar-refractivity contribution in [2.24, 2.45) is 10.2 Å². The molecular formula is C33H30ClN3O5. The van der Waals surface area contributed by atoms with Gasteiger partial charge in [-0.1, -0.05) is 54.1 Å². The van der Waals surface area contributed by atoms with Gasteiger partial charge in [-0.15, -0.1) is 0 Å². The van der Waals surface area contributed by atoms with E-state index in [1.165, 1.54) is 6.08 Å². The van der Waals surface area contributed by atoms with Gasteiger partial charge in [0.2, 0.25) is 0 Å². The summed E-state index contributed by atoms with van der Waals surface area (Å²) in [4.78, 5) is 24.2. The molecule has 0 aliphatic heterocycles. The van der Waals surface area contributed by atoms with Gasteiger partial charge in [0, 0.05) is 28.8 Å². The van der Waals surface area contributed by atoms with Crippen LogP contribution in [0.4, 0.5) is 11.4 Å². The number of carboxylic acid groups (broad SMARTS) is 1. The molecule has 0 saturated carbocycles. The summed E-state index contributed by atoms with van der Waals surface area (Å²) in [7, 11) is 0. The predicted octanol–water partition coefficient (Wildman–Crippen LogP) is 7.59.